The highest BCUT2D eigenvalue weighted by Gasteiger charge is 2.31. The third kappa shape index (κ3) is 9.34. The van der Waals surface area contributed by atoms with Crippen LogP contribution in [0.2, 0.25) is 0 Å². The van der Waals surface area contributed by atoms with Crippen molar-refractivity contribution in [2.24, 2.45) is 17.6 Å². The number of amides is 3. The Balaban J connectivity index is 5.25. The van der Waals surface area contributed by atoms with E-state index in [4.69, 9.17) is 15.9 Å². The summed E-state index contributed by atoms with van der Waals surface area (Å²) in [6, 6.07) is -3.04. The van der Waals surface area contributed by atoms with Crippen molar-refractivity contribution in [3.05, 3.63) is 0 Å². The Morgan fingerprint density at radius 3 is 2.04 bits per heavy atom. The zero-order chi connectivity index (χ0) is 21.1. The lowest BCUT2D eigenvalue weighted by Crippen LogP contribution is -2.58. The van der Waals surface area contributed by atoms with Gasteiger partial charge in [-0.2, -0.15) is 0 Å². The van der Waals surface area contributed by atoms with Crippen LogP contribution in [0.3, 0.4) is 0 Å². The van der Waals surface area contributed by atoms with Crippen molar-refractivity contribution >= 4 is 23.7 Å². The minimum Gasteiger partial charge on any atom is -0.480 e. The average Bonchev–Trinajstić information content (AvgIpc) is 2.61. The summed E-state index contributed by atoms with van der Waals surface area (Å²) in [5.41, 5.74) is 5.47. The van der Waals surface area contributed by atoms with Gasteiger partial charge >= 0.3 is 5.97 Å². The van der Waals surface area contributed by atoms with Crippen molar-refractivity contribution in [1.82, 2.24) is 16.0 Å². The summed E-state index contributed by atoms with van der Waals surface area (Å²) in [5.74, 6) is -3.24. The topological polar surface area (TPSA) is 171 Å². The van der Waals surface area contributed by atoms with E-state index in [0.29, 0.717) is 12.8 Å². The maximum Gasteiger partial charge on any atom is 0.322 e. The Hall–Kier alpha value is -2.20. The molecule has 0 aromatic carbocycles. The molecule has 0 radical (unpaired) electrons. The quantitative estimate of drug-likeness (QED) is 0.238. The SMILES string of the molecule is CCC(C)C(NC(=O)C(CC(C)C)NC(=O)C(N)CO)C(=O)NCC(=O)O. The van der Waals surface area contributed by atoms with Gasteiger partial charge in [0.1, 0.15) is 24.7 Å². The summed E-state index contributed by atoms with van der Waals surface area (Å²) >= 11 is 0. The average molecular weight is 388 g/mol. The van der Waals surface area contributed by atoms with Crippen LogP contribution < -0.4 is 21.7 Å². The second-order valence-corrected chi connectivity index (χ2v) is 6.96. The van der Waals surface area contributed by atoms with Gasteiger partial charge in [0, 0.05) is 0 Å². The Morgan fingerprint density at radius 2 is 1.59 bits per heavy atom. The maximum absolute atomic E-state index is 12.7. The third-order valence-corrected chi connectivity index (χ3v) is 4.08. The summed E-state index contributed by atoms with van der Waals surface area (Å²) in [5, 5.41) is 25.0. The van der Waals surface area contributed by atoms with Gasteiger partial charge in [0.25, 0.3) is 0 Å². The molecule has 156 valence electrons. The molecular weight excluding hydrogens is 356 g/mol. The first kappa shape index (κ1) is 24.8. The van der Waals surface area contributed by atoms with Crippen molar-refractivity contribution < 1.29 is 29.4 Å². The molecule has 0 saturated heterocycles. The van der Waals surface area contributed by atoms with Gasteiger partial charge in [-0.25, -0.2) is 0 Å². The number of aliphatic hydroxyl groups excluding tert-OH is 1. The number of hydrogen-bond acceptors (Lipinski definition) is 6. The summed E-state index contributed by atoms with van der Waals surface area (Å²) in [7, 11) is 0. The Bertz CT molecular complexity index is 526. The number of rotatable bonds is 12. The van der Waals surface area contributed by atoms with Crippen LogP contribution in [-0.4, -0.2) is 65.2 Å². The number of nitrogens with two attached hydrogens (primary N) is 1. The first-order chi connectivity index (χ1) is 12.5. The van der Waals surface area contributed by atoms with Crippen molar-refractivity contribution in [2.45, 2.75) is 58.7 Å². The Labute approximate surface area is 159 Å². The predicted molar refractivity (Wildman–Crippen MR) is 98.5 cm³/mol. The van der Waals surface area contributed by atoms with Gasteiger partial charge in [0.05, 0.1) is 6.61 Å². The molecule has 27 heavy (non-hydrogen) atoms. The van der Waals surface area contributed by atoms with Crippen molar-refractivity contribution in [3.63, 3.8) is 0 Å². The number of carboxylic acids is 1. The Kier molecular flexibility index (Phi) is 11.2. The summed E-state index contributed by atoms with van der Waals surface area (Å²) < 4.78 is 0. The fourth-order valence-corrected chi connectivity index (χ4v) is 2.29. The van der Waals surface area contributed by atoms with Crippen LogP contribution in [0.5, 0.6) is 0 Å². The van der Waals surface area contributed by atoms with E-state index in [1.165, 1.54) is 0 Å². The van der Waals surface area contributed by atoms with E-state index >= 15 is 0 Å². The molecular formula is C17H32N4O6. The number of nitrogens with one attached hydrogen (secondary N) is 3. The number of aliphatic carboxylic acids is 1. The van der Waals surface area contributed by atoms with Crippen molar-refractivity contribution in [1.29, 1.82) is 0 Å². The third-order valence-electron chi connectivity index (χ3n) is 4.08. The monoisotopic (exact) mass is 388 g/mol. The van der Waals surface area contributed by atoms with E-state index in [1.54, 1.807) is 6.92 Å². The van der Waals surface area contributed by atoms with Gasteiger partial charge in [0.15, 0.2) is 0 Å². The number of carbonyl (C=O) groups excluding carboxylic acids is 3. The number of carbonyl (C=O) groups is 4. The summed E-state index contributed by atoms with van der Waals surface area (Å²) in [6.07, 6.45) is 0.877. The lowest BCUT2D eigenvalue weighted by atomic mass is 9.96. The zero-order valence-corrected chi connectivity index (χ0v) is 16.3. The molecule has 0 bridgehead atoms. The summed E-state index contributed by atoms with van der Waals surface area (Å²) in [6.45, 7) is 6.20. The first-order valence-electron chi connectivity index (χ1n) is 9.00. The normalized spacial score (nSPS) is 15.4. The molecule has 0 heterocycles. The van der Waals surface area contributed by atoms with E-state index in [1.807, 2.05) is 20.8 Å². The molecule has 0 fully saturated rings. The van der Waals surface area contributed by atoms with Gasteiger partial charge in [-0.3, -0.25) is 19.2 Å². The molecule has 7 N–H and O–H groups in total. The van der Waals surface area contributed by atoms with E-state index < -0.39 is 55.0 Å². The van der Waals surface area contributed by atoms with Crippen LogP contribution in [0.4, 0.5) is 0 Å². The second kappa shape index (κ2) is 12.2. The van der Waals surface area contributed by atoms with Gasteiger partial charge in [0.2, 0.25) is 17.7 Å². The lowest BCUT2D eigenvalue weighted by Gasteiger charge is -2.27. The molecule has 3 amide bonds. The smallest absolute Gasteiger partial charge is 0.322 e. The second-order valence-electron chi connectivity index (χ2n) is 6.96. The van der Waals surface area contributed by atoms with Gasteiger partial charge in [-0.15, -0.1) is 0 Å². The molecule has 0 aliphatic heterocycles. The van der Waals surface area contributed by atoms with Gasteiger partial charge in [-0.05, 0) is 18.3 Å². The molecule has 0 aliphatic carbocycles. The molecule has 0 aliphatic rings. The highest BCUT2D eigenvalue weighted by molar-refractivity contribution is 5.93. The maximum atomic E-state index is 12.7. The highest BCUT2D eigenvalue weighted by atomic mass is 16.4. The standard InChI is InChI=1S/C17H32N4O6/c1-5-10(4)14(17(27)19-7-13(23)24)21-16(26)12(6-9(2)3)20-15(25)11(18)8-22/h9-12,14,22H,5-8,18H2,1-4H3,(H,19,27)(H,20,25)(H,21,26)(H,23,24). The molecule has 10 heteroatoms. The molecule has 0 spiro atoms. The Morgan fingerprint density at radius 1 is 1.00 bits per heavy atom. The number of aliphatic hydroxyl groups is 1. The first-order valence-corrected chi connectivity index (χ1v) is 9.00. The van der Waals surface area contributed by atoms with Gasteiger partial charge < -0.3 is 31.9 Å². The highest BCUT2D eigenvalue weighted by Crippen LogP contribution is 2.11. The van der Waals surface area contributed by atoms with Crippen LogP contribution in [0.15, 0.2) is 0 Å². The minimum atomic E-state index is -1.19. The molecule has 4 unspecified atom stereocenters. The molecule has 0 rings (SSSR count). The fourth-order valence-electron chi connectivity index (χ4n) is 2.29. The van der Waals surface area contributed by atoms with E-state index in [2.05, 4.69) is 16.0 Å². The summed E-state index contributed by atoms with van der Waals surface area (Å²) in [4.78, 5) is 47.5. The molecule has 0 aromatic heterocycles. The van der Waals surface area contributed by atoms with Crippen LogP contribution in [0.1, 0.15) is 40.5 Å². The molecule has 10 nitrogen and oxygen atoms in total. The van der Waals surface area contributed by atoms with E-state index in [-0.39, 0.29) is 11.8 Å². The van der Waals surface area contributed by atoms with Crippen molar-refractivity contribution in [3.8, 4) is 0 Å². The van der Waals surface area contributed by atoms with Crippen LogP contribution in [-0.2, 0) is 19.2 Å². The predicted octanol–water partition coefficient (Wildman–Crippen LogP) is -1.43. The van der Waals surface area contributed by atoms with Crippen molar-refractivity contribution in [2.75, 3.05) is 13.2 Å². The van der Waals surface area contributed by atoms with E-state index in [9.17, 15) is 19.2 Å². The molecule has 4 atom stereocenters. The largest absolute Gasteiger partial charge is 0.480 e. The zero-order valence-electron chi connectivity index (χ0n) is 16.3. The lowest BCUT2D eigenvalue weighted by molar-refractivity contribution is -0.139. The number of hydrogen-bond donors (Lipinski definition) is 6. The van der Waals surface area contributed by atoms with Crippen LogP contribution in [0, 0.1) is 11.8 Å². The minimum absolute atomic E-state index is 0.0642. The van der Waals surface area contributed by atoms with Crippen LogP contribution >= 0.6 is 0 Å². The number of carboxylic acid groups (broad SMARTS) is 1. The molecule has 0 saturated carbocycles. The fraction of sp³-hybridized carbons (Fsp3) is 0.765. The molecule has 0 aromatic rings. The van der Waals surface area contributed by atoms with Crippen LogP contribution in [0.25, 0.3) is 0 Å². The van der Waals surface area contributed by atoms with E-state index in [0.717, 1.165) is 0 Å². The van der Waals surface area contributed by atoms with Gasteiger partial charge in [-0.1, -0.05) is 34.1 Å².